The number of hydrogen-bond donors (Lipinski definition) is 1. The highest BCUT2D eigenvalue weighted by Crippen LogP contribution is 2.20. The van der Waals surface area contributed by atoms with Gasteiger partial charge in [0.25, 0.3) is 5.56 Å². The molecule has 0 atom stereocenters. The maximum absolute atomic E-state index is 11.5. The third kappa shape index (κ3) is 2.33. The third-order valence-electron chi connectivity index (χ3n) is 2.31. The van der Waals surface area contributed by atoms with E-state index >= 15 is 0 Å². The van der Waals surface area contributed by atoms with Crippen LogP contribution in [0, 0.1) is 0 Å². The van der Waals surface area contributed by atoms with Crippen molar-refractivity contribution in [3.63, 3.8) is 0 Å². The zero-order valence-electron chi connectivity index (χ0n) is 8.56. The van der Waals surface area contributed by atoms with Gasteiger partial charge < -0.3 is 10.3 Å². The lowest BCUT2D eigenvalue weighted by molar-refractivity contribution is 0.759. The summed E-state index contributed by atoms with van der Waals surface area (Å²) in [6, 6.07) is 10.8. The molecule has 2 aromatic rings. The van der Waals surface area contributed by atoms with Gasteiger partial charge in [0.2, 0.25) is 0 Å². The van der Waals surface area contributed by atoms with Crippen molar-refractivity contribution >= 4 is 21.6 Å². The van der Waals surface area contributed by atoms with Crippen LogP contribution in [0.3, 0.4) is 0 Å². The van der Waals surface area contributed by atoms with Gasteiger partial charge >= 0.3 is 0 Å². The molecule has 0 radical (unpaired) electrons. The van der Waals surface area contributed by atoms with Crippen LogP contribution >= 0.6 is 15.9 Å². The van der Waals surface area contributed by atoms with Crippen molar-refractivity contribution in [1.29, 1.82) is 0 Å². The van der Waals surface area contributed by atoms with Crippen LogP contribution in [-0.4, -0.2) is 4.57 Å². The van der Waals surface area contributed by atoms with E-state index in [0.717, 1.165) is 10.0 Å². The minimum absolute atomic E-state index is 0.0102. The van der Waals surface area contributed by atoms with Crippen LogP contribution in [0.4, 0.5) is 5.69 Å². The van der Waals surface area contributed by atoms with E-state index < -0.39 is 0 Å². The van der Waals surface area contributed by atoms with Crippen molar-refractivity contribution in [1.82, 2.24) is 4.57 Å². The van der Waals surface area contributed by atoms with Crippen LogP contribution in [0.25, 0.3) is 0 Å². The molecule has 82 valence electrons. The smallest absolute Gasteiger partial charge is 0.250 e. The molecular formula is C12H11BrN2O. The lowest BCUT2D eigenvalue weighted by Crippen LogP contribution is -2.18. The van der Waals surface area contributed by atoms with Crippen molar-refractivity contribution in [2.24, 2.45) is 0 Å². The molecule has 0 unspecified atom stereocenters. The lowest BCUT2D eigenvalue weighted by Gasteiger charge is -2.06. The van der Waals surface area contributed by atoms with E-state index in [1.54, 1.807) is 22.9 Å². The summed E-state index contributed by atoms with van der Waals surface area (Å²) >= 11 is 3.34. The van der Waals surface area contributed by atoms with E-state index in [9.17, 15) is 4.79 Å². The SMILES string of the molecule is Nc1cc(Cn2ccccc2=O)ccc1Br. The van der Waals surface area contributed by atoms with Crippen LogP contribution in [0.5, 0.6) is 0 Å². The summed E-state index contributed by atoms with van der Waals surface area (Å²) < 4.78 is 2.51. The first kappa shape index (κ1) is 11.0. The van der Waals surface area contributed by atoms with Crippen molar-refractivity contribution in [3.05, 3.63) is 63.0 Å². The molecule has 0 aliphatic carbocycles. The minimum Gasteiger partial charge on any atom is -0.398 e. The number of nitrogen functional groups attached to an aromatic ring is 1. The summed E-state index contributed by atoms with van der Waals surface area (Å²) in [6.45, 7) is 0.539. The monoisotopic (exact) mass is 278 g/mol. The van der Waals surface area contributed by atoms with E-state index in [1.165, 1.54) is 0 Å². The van der Waals surface area contributed by atoms with E-state index in [0.29, 0.717) is 12.2 Å². The number of nitrogens with zero attached hydrogens (tertiary/aromatic N) is 1. The number of anilines is 1. The van der Waals surface area contributed by atoms with Gasteiger partial charge in [-0.1, -0.05) is 12.1 Å². The summed E-state index contributed by atoms with van der Waals surface area (Å²) in [7, 11) is 0. The molecule has 4 heteroatoms. The predicted octanol–water partition coefficient (Wildman–Crippen LogP) is 2.24. The molecule has 16 heavy (non-hydrogen) atoms. The molecule has 1 aromatic heterocycles. The van der Waals surface area contributed by atoms with Crippen molar-refractivity contribution in [3.8, 4) is 0 Å². The molecule has 1 heterocycles. The van der Waals surface area contributed by atoms with E-state index in [1.807, 2.05) is 24.3 Å². The highest BCUT2D eigenvalue weighted by molar-refractivity contribution is 9.10. The Kier molecular flexibility index (Phi) is 3.10. The molecule has 3 nitrogen and oxygen atoms in total. The van der Waals surface area contributed by atoms with Crippen LogP contribution in [0.2, 0.25) is 0 Å². The van der Waals surface area contributed by atoms with Crippen molar-refractivity contribution < 1.29 is 0 Å². The molecule has 0 bridgehead atoms. The van der Waals surface area contributed by atoms with Gasteiger partial charge in [-0.05, 0) is 39.7 Å². The quantitative estimate of drug-likeness (QED) is 0.857. The normalized spacial score (nSPS) is 10.3. The average molecular weight is 279 g/mol. The number of hydrogen-bond acceptors (Lipinski definition) is 2. The van der Waals surface area contributed by atoms with Gasteiger partial charge in [0, 0.05) is 22.4 Å². The molecule has 0 spiro atoms. The van der Waals surface area contributed by atoms with Crippen molar-refractivity contribution in [2.75, 3.05) is 5.73 Å². The Hall–Kier alpha value is -1.55. The maximum Gasteiger partial charge on any atom is 0.250 e. The highest BCUT2D eigenvalue weighted by atomic mass is 79.9. The van der Waals surface area contributed by atoms with Gasteiger partial charge in [0.05, 0.1) is 6.54 Å². The summed E-state index contributed by atoms with van der Waals surface area (Å²) in [6.07, 6.45) is 1.76. The number of nitrogens with two attached hydrogens (primary N) is 1. The van der Waals surface area contributed by atoms with Gasteiger partial charge in [-0.15, -0.1) is 0 Å². The average Bonchev–Trinajstić information content (AvgIpc) is 2.27. The second-order valence-electron chi connectivity index (χ2n) is 3.52. The van der Waals surface area contributed by atoms with Crippen LogP contribution in [0.15, 0.2) is 51.9 Å². The maximum atomic E-state index is 11.5. The van der Waals surface area contributed by atoms with Crippen LogP contribution in [0.1, 0.15) is 5.56 Å². The molecule has 1 aromatic carbocycles. The Labute approximate surface area is 102 Å². The summed E-state index contributed by atoms with van der Waals surface area (Å²) in [5, 5.41) is 0. The van der Waals surface area contributed by atoms with Crippen molar-refractivity contribution in [2.45, 2.75) is 6.54 Å². The topological polar surface area (TPSA) is 48.0 Å². The molecule has 0 aliphatic heterocycles. The zero-order chi connectivity index (χ0) is 11.5. The fourth-order valence-corrected chi connectivity index (χ4v) is 1.73. The third-order valence-corrected chi connectivity index (χ3v) is 3.03. The van der Waals surface area contributed by atoms with Gasteiger partial charge in [0.15, 0.2) is 0 Å². The lowest BCUT2D eigenvalue weighted by atomic mass is 10.2. The van der Waals surface area contributed by atoms with Gasteiger partial charge in [-0.3, -0.25) is 4.79 Å². The molecule has 0 amide bonds. The molecule has 0 saturated carbocycles. The van der Waals surface area contributed by atoms with Crippen LogP contribution < -0.4 is 11.3 Å². The van der Waals surface area contributed by atoms with Gasteiger partial charge in [0.1, 0.15) is 0 Å². The number of benzene rings is 1. The van der Waals surface area contributed by atoms with E-state index in [-0.39, 0.29) is 5.56 Å². The Morgan fingerprint density at radius 2 is 2.06 bits per heavy atom. The first-order valence-corrected chi connectivity index (χ1v) is 5.65. The predicted molar refractivity (Wildman–Crippen MR) is 68.4 cm³/mol. The van der Waals surface area contributed by atoms with E-state index in [2.05, 4.69) is 15.9 Å². The highest BCUT2D eigenvalue weighted by Gasteiger charge is 2.00. The first-order chi connectivity index (χ1) is 7.66. The number of pyridine rings is 1. The summed E-state index contributed by atoms with van der Waals surface area (Å²) in [4.78, 5) is 11.5. The molecule has 0 aliphatic rings. The zero-order valence-corrected chi connectivity index (χ0v) is 10.1. The summed E-state index contributed by atoms with van der Waals surface area (Å²) in [5.41, 5.74) is 7.46. The Bertz CT molecular complexity index is 563. The molecular weight excluding hydrogens is 268 g/mol. The largest absolute Gasteiger partial charge is 0.398 e. The molecule has 0 saturated heterocycles. The standard InChI is InChI=1S/C12H11BrN2O/c13-10-5-4-9(7-11(10)14)8-15-6-2-1-3-12(15)16/h1-7H,8,14H2. The van der Waals surface area contributed by atoms with Gasteiger partial charge in [-0.2, -0.15) is 0 Å². The Balaban J connectivity index is 2.31. The second-order valence-corrected chi connectivity index (χ2v) is 4.38. The Morgan fingerprint density at radius 3 is 2.75 bits per heavy atom. The Morgan fingerprint density at radius 1 is 1.25 bits per heavy atom. The fourth-order valence-electron chi connectivity index (χ4n) is 1.48. The molecule has 0 fully saturated rings. The molecule has 2 rings (SSSR count). The first-order valence-electron chi connectivity index (χ1n) is 4.86. The number of halogens is 1. The number of aromatic nitrogens is 1. The molecule has 2 N–H and O–H groups in total. The minimum atomic E-state index is -0.0102. The van der Waals surface area contributed by atoms with Gasteiger partial charge in [-0.25, -0.2) is 0 Å². The fraction of sp³-hybridized carbons (Fsp3) is 0.0833. The van der Waals surface area contributed by atoms with E-state index in [4.69, 9.17) is 5.73 Å². The summed E-state index contributed by atoms with van der Waals surface area (Å²) in [5.74, 6) is 0. The van der Waals surface area contributed by atoms with Crippen LogP contribution in [-0.2, 0) is 6.54 Å². The number of rotatable bonds is 2. The second kappa shape index (κ2) is 4.53.